The summed E-state index contributed by atoms with van der Waals surface area (Å²) in [4.78, 5) is 0. The molecule has 0 aliphatic carbocycles. The molecule has 0 aliphatic rings. The average molecular weight is 201 g/mol. The molecule has 0 bridgehead atoms. The first kappa shape index (κ1) is 12.2. The summed E-state index contributed by atoms with van der Waals surface area (Å²) in [6.45, 7) is 7.03. The van der Waals surface area contributed by atoms with Gasteiger partial charge in [0.2, 0.25) is 6.33 Å². The van der Waals surface area contributed by atoms with Crippen LogP contribution in [0.4, 0.5) is 0 Å². The van der Waals surface area contributed by atoms with E-state index in [1.54, 1.807) is 6.20 Å². The molecular formula is C10H17ClN2. The molecule has 0 spiro atoms. The topological polar surface area (TPSA) is 8.81 Å². The van der Waals surface area contributed by atoms with Gasteiger partial charge < -0.3 is 12.4 Å². The van der Waals surface area contributed by atoms with Crippen LogP contribution in [0, 0.1) is 0 Å². The molecule has 0 N–H and O–H groups in total. The van der Waals surface area contributed by atoms with Crippen LogP contribution in [0.25, 0.3) is 6.20 Å². The lowest BCUT2D eigenvalue weighted by Crippen LogP contribution is -3.00. The van der Waals surface area contributed by atoms with Crippen LogP contribution < -0.4 is 17.0 Å². The van der Waals surface area contributed by atoms with E-state index in [1.165, 1.54) is 19.3 Å². The van der Waals surface area contributed by atoms with Crippen molar-refractivity contribution in [3.8, 4) is 0 Å². The van der Waals surface area contributed by atoms with Crippen molar-refractivity contribution in [2.75, 3.05) is 0 Å². The van der Waals surface area contributed by atoms with Crippen molar-refractivity contribution in [1.29, 1.82) is 0 Å². The maximum atomic E-state index is 3.69. The Morgan fingerprint density at radius 1 is 1.46 bits per heavy atom. The zero-order chi connectivity index (χ0) is 8.81. The van der Waals surface area contributed by atoms with Gasteiger partial charge in [0.05, 0.1) is 12.7 Å². The molecule has 0 amide bonds. The van der Waals surface area contributed by atoms with E-state index in [2.05, 4.69) is 30.6 Å². The van der Waals surface area contributed by atoms with E-state index in [0.29, 0.717) is 0 Å². The van der Waals surface area contributed by atoms with Crippen LogP contribution in [-0.4, -0.2) is 4.57 Å². The minimum atomic E-state index is 0. The van der Waals surface area contributed by atoms with Crippen molar-refractivity contribution in [1.82, 2.24) is 4.57 Å². The highest BCUT2D eigenvalue weighted by Crippen LogP contribution is 1.93. The number of hydrogen-bond acceptors (Lipinski definition) is 0. The van der Waals surface area contributed by atoms with E-state index < -0.39 is 0 Å². The molecule has 0 saturated carbocycles. The number of nitrogens with zero attached hydrogens (tertiary/aromatic N) is 2. The highest BCUT2D eigenvalue weighted by molar-refractivity contribution is 5.12. The van der Waals surface area contributed by atoms with Crippen LogP contribution >= 0.6 is 0 Å². The van der Waals surface area contributed by atoms with Crippen LogP contribution in [-0.2, 0) is 6.54 Å². The maximum Gasteiger partial charge on any atom is 0.248 e. The third-order valence-corrected chi connectivity index (χ3v) is 1.94. The molecule has 2 nitrogen and oxygen atoms in total. The number of imidazole rings is 1. The zero-order valence-corrected chi connectivity index (χ0v) is 8.87. The van der Waals surface area contributed by atoms with Gasteiger partial charge in [0.1, 0.15) is 12.4 Å². The van der Waals surface area contributed by atoms with Crippen LogP contribution in [0.5, 0.6) is 0 Å². The van der Waals surface area contributed by atoms with E-state index in [-0.39, 0.29) is 12.4 Å². The third kappa shape index (κ3) is 4.13. The quantitative estimate of drug-likeness (QED) is 0.429. The van der Waals surface area contributed by atoms with Gasteiger partial charge in [0.15, 0.2) is 0 Å². The molecule has 0 aromatic carbocycles. The first-order chi connectivity index (χ1) is 5.86. The number of aromatic nitrogens is 2. The van der Waals surface area contributed by atoms with Gasteiger partial charge in [0, 0.05) is 0 Å². The molecule has 74 valence electrons. The van der Waals surface area contributed by atoms with Crippen molar-refractivity contribution < 1.29 is 17.0 Å². The minimum absolute atomic E-state index is 0. The summed E-state index contributed by atoms with van der Waals surface area (Å²) in [7, 11) is 0. The summed E-state index contributed by atoms with van der Waals surface area (Å²) < 4.78 is 4.16. The maximum absolute atomic E-state index is 3.69. The van der Waals surface area contributed by atoms with Crippen LogP contribution in [0.3, 0.4) is 0 Å². The van der Waals surface area contributed by atoms with Crippen molar-refractivity contribution >= 4 is 6.20 Å². The Morgan fingerprint density at radius 3 is 2.77 bits per heavy atom. The van der Waals surface area contributed by atoms with Crippen LogP contribution in [0.1, 0.15) is 26.2 Å². The second-order valence-electron chi connectivity index (χ2n) is 2.99. The van der Waals surface area contributed by atoms with E-state index >= 15 is 0 Å². The van der Waals surface area contributed by atoms with E-state index in [1.807, 2.05) is 10.8 Å². The molecule has 0 aliphatic heterocycles. The molecule has 1 aromatic rings. The fourth-order valence-corrected chi connectivity index (χ4v) is 1.20. The van der Waals surface area contributed by atoms with Crippen molar-refractivity contribution in [3.63, 3.8) is 0 Å². The smallest absolute Gasteiger partial charge is 0.248 e. The van der Waals surface area contributed by atoms with Gasteiger partial charge in [-0.05, 0) is 12.8 Å². The van der Waals surface area contributed by atoms with Gasteiger partial charge in [-0.1, -0.05) is 19.9 Å². The molecule has 3 heteroatoms. The van der Waals surface area contributed by atoms with E-state index in [0.717, 1.165) is 6.54 Å². The van der Waals surface area contributed by atoms with Gasteiger partial charge in [-0.15, -0.1) is 0 Å². The molecule has 0 radical (unpaired) electrons. The van der Waals surface area contributed by atoms with Crippen LogP contribution in [0.2, 0.25) is 0 Å². The number of aryl methyl sites for hydroxylation is 1. The lowest BCUT2D eigenvalue weighted by molar-refractivity contribution is -0.696. The SMILES string of the molecule is C=Cn1cc[n+](CCCCC)c1.[Cl-]. The number of unbranched alkanes of at least 4 members (excludes halogenated alkanes) is 2. The zero-order valence-electron chi connectivity index (χ0n) is 8.12. The minimum Gasteiger partial charge on any atom is -1.00 e. The summed E-state index contributed by atoms with van der Waals surface area (Å²) in [5.41, 5.74) is 0. The normalized spacial score (nSPS) is 9.31. The Bertz CT molecular complexity index is 243. The second-order valence-corrected chi connectivity index (χ2v) is 2.99. The Hall–Kier alpha value is -0.760. The van der Waals surface area contributed by atoms with E-state index in [9.17, 15) is 0 Å². The summed E-state index contributed by atoms with van der Waals surface area (Å²) in [6, 6.07) is 0. The first-order valence-corrected chi connectivity index (χ1v) is 4.56. The molecule has 13 heavy (non-hydrogen) atoms. The fraction of sp³-hybridized carbons (Fsp3) is 0.500. The number of halogens is 1. The summed E-state index contributed by atoms with van der Waals surface area (Å²) in [5.74, 6) is 0. The second kappa shape index (κ2) is 6.72. The lowest BCUT2D eigenvalue weighted by atomic mass is 10.2. The number of rotatable bonds is 5. The van der Waals surface area contributed by atoms with E-state index in [4.69, 9.17) is 0 Å². The Kier molecular flexibility index (Phi) is 6.33. The van der Waals surface area contributed by atoms with Gasteiger partial charge in [-0.25, -0.2) is 9.13 Å². The summed E-state index contributed by atoms with van der Waals surface area (Å²) in [6.07, 6.45) is 11.8. The Labute approximate surface area is 86.3 Å². The summed E-state index contributed by atoms with van der Waals surface area (Å²) >= 11 is 0. The van der Waals surface area contributed by atoms with Gasteiger partial charge in [0.25, 0.3) is 0 Å². The number of hydrogen-bond donors (Lipinski definition) is 0. The van der Waals surface area contributed by atoms with Gasteiger partial charge in [-0.2, -0.15) is 0 Å². The lowest BCUT2D eigenvalue weighted by Gasteiger charge is -1.93. The van der Waals surface area contributed by atoms with Gasteiger partial charge >= 0.3 is 0 Å². The van der Waals surface area contributed by atoms with Gasteiger partial charge in [-0.3, -0.25) is 0 Å². The highest BCUT2D eigenvalue weighted by atomic mass is 35.5. The molecule has 0 fully saturated rings. The molecule has 1 heterocycles. The molecule has 0 saturated heterocycles. The Morgan fingerprint density at radius 2 is 2.23 bits per heavy atom. The molecule has 1 aromatic heterocycles. The highest BCUT2D eigenvalue weighted by Gasteiger charge is 1.98. The van der Waals surface area contributed by atoms with Crippen molar-refractivity contribution in [2.24, 2.45) is 0 Å². The van der Waals surface area contributed by atoms with Crippen LogP contribution in [0.15, 0.2) is 25.3 Å². The third-order valence-electron chi connectivity index (χ3n) is 1.94. The molecule has 0 atom stereocenters. The first-order valence-electron chi connectivity index (χ1n) is 4.56. The molecular weight excluding hydrogens is 184 g/mol. The van der Waals surface area contributed by atoms with Crippen molar-refractivity contribution in [3.05, 3.63) is 25.3 Å². The van der Waals surface area contributed by atoms with Crippen molar-refractivity contribution in [2.45, 2.75) is 32.7 Å². The predicted molar refractivity (Wildman–Crippen MR) is 50.5 cm³/mol. The predicted octanol–water partition coefficient (Wildman–Crippen LogP) is -0.930. The standard InChI is InChI=1S/C10H17N2.ClH/c1-3-5-6-7-12-9-8-11(4-2)10-12;/h4,8-10H,2-3,5-7H2,1H3;1H/q+1;/p-1. The molecule has 0 unspecified atom stereocenters. The fourth-order valence-electron chi connectivity index (χ4n) is 1.20. The average Bonchev–Trinajstić information content (AvgIpc) is 2.53. The monoisotopic (exact) mass is 200 g/mol. The summed E-state index contributed by atoms with van der Waals surface area (Å²) in [5, 5.41) is 0. The largest absolute Gasteiger partial charge is 1.00 e. The molecule has 1 rings (SSSR count). The Balaban J connectivity index is 0.00000144.